The molecular formula is C8H7FO2S. The molecule has 0 unspecified atom stereocenters. The maximum Gasteiger partial charge on any atom is 0.199 e. The lowest BCUT2D eigenvalue weighted by molar-refractivity contribution is 0.603. The third kappa shape index (κ3) is 1.71. The average Bonchev–Trinajstić information content (AvgIpc) is 2.05. The minimum atomic E-state index is -3.42. The first-order chi connectivity index (χ1) is 5.56. The van der Waals surface area contributed by atoms with Gasteiger partial charge in [-0.25, -0.2) is 12.8 Å². The summed E-state index contributed by atoms with van der Waals surface area (Å²) in [6.07, 6.45) is 0. The highest BCUT2D eigenvalue weighted by atomic mass is 32.2. The third-order valence-corrected chi connectivity index (χ3v) is 2.73. The molecule has 1 aromatic rings. The van der Waals surface area contributed by atoms with Crippen molar-refractivity contribution >= 4 is 9.84 Å². The van der Waals surface area contributed by atoms with E-state index < -0.39 is 15.7 Å². The zero-order valence-corrected chi connectivity index (χ0v) is 7.01. The molecule has 1 rings (SSSR count). The van der Waals surface area contributed by atoms with Gasteiger partial charge in [0.25, 0.3) is 0 Å². The van der Waals surface area contributed by atoms with Crippen LogP contribution in [-0.4, -0.2) is 8.42 Å². The second kappa shape index (κ2) is 3.06. The minimum absolute atomic E-state index is 0.0545. The summed E-state index contributed by atoms with van der Waals surface area (Å²) in [5.74, 6) is -0.460. The van der Waals surface area contributed by atoms with E-state index in [4.69, 9.17) is 0 Å². The van der Waals surface area contributed by atoms with Gasteiger partial charge in [0.05, 0.1) is 4.90 Å². The van der Waals surface area contributed by atoms with Crippen LogP contribution < -0.4 is 0 Å². The van der Waals surface area contributed by atoms with E-state index >= 15 is 0 Å². The van der Waals surface area contributed by atoms with Gasteiger partial charge in [-0.1, -0.05) is 6.58 Å². The molecule has 64 valence electrons. The van der Waals surface area contributed by atoms with Crippen LogP contribution in [0.1, 0.15) is 0 Å². The molecule has 0 fully saturated rings. The Balaban J connectivity index is 3.23. The van der Waals surface area contributed by atoms with Crippen LogP contribution in [0.15, 0.2) is 41.1 Å². The molecule has 0 aliphatic heterocycles. The third-order valence-electron chi connectivity index (χ3n) is 1.36. The molecule has 0 saturated heterocycles. The van der Waals surface area contributed by atoms with Crippen molar-refractivity contribution in [2.45, 2.75) is 4.90 Å². The highest BCUT2D eigenvalue weighted by Crippen LogP contribution is 2.11. The quantitative estimate of drug-likeness (QED) is 0.659. The Morgan fingerprint density at radius 2 is 1.75 bits per heavy atom. The van der Waals surface area contributed by atoms with Gasteiger partial charge in [-0.15, -0.1) is 0 Å². The summed E-state index contributed by atoms with van der Waals surface area (Å²) in [5.41, 5.74) is 0. The molecule has 4 heteroatoms. The average molecular weight is 186 g/mol. The largest absolute Gasteiger partial charge is 0.219 e. The maximum absolute atomic E-state index is 12.4. The van der Waals surface area contributed by atoms with Gasteiger partial charge in [0.15, 0.2) is 9.84 Å². The molecule has 0 aliphatic carbocycles. The van der Waals surface area contributed by atoms with E-state index in [0.29, 0.717) is 0 Å². The molecule has 0 N–H and O–H groups in total. The molecule has 0 amide bonds. The maximum atomic E-state index is 12.4. The van der Waals surface area contributed by atoms with E-state index in [1.54, 1.807) is 0 Å². The fourth-order valence-corrected chi connectivity index (χ4v) is 1.43. The molecule has 0 aliphatic rings. The smallest absolute Gasteiger partial charge is 0.199 e. The van der Waals surface area contributed by atoms with Crippen molar-refractivity contribution in [2.75, 3.05) is 0 Å². The molecule has 0 saturated carbocycles. The molecule has 12 heavy (non-hydrogen) atoms. The Kier molecular flexibility index (Phi) is 2.28. The molecule has 0 bridgehead atoms. The van der Waals surface area contributed by atoms with Crippen LogP contribution in [-0.2, 0) is 9.84 Å². The normalized spacial score (nSPS) is 11.1. The van der Waals surface area contributed by atoms with E-state index in [-0.39, 0.29) is 4.90 Å². The lowest BCUT2D eigenvalue weighted by atomic mass is 10.4. The molecule has 0 heterocycles. The second-order valence-electron chi connectivity index (χ2n) is 2.17. The fraction of sp³-hybridized carbons (Fsp3) is 0. The Morgan fingerprint density at radius 1 is 1.25 bits per heavy atom. The first-order valence-electron chi connectivity index (χ1n) is 3.19. The van der Waals surface area contributed by atoms with E-state index in [1.165, 1.54) is 12.1 Å². The van der Waals surface area contributed by atoms with Gasteiger partial charge in [-0.2, -0.15) is 0 Å². The van der Waals surface area contributed by atoms with Crippen molar-refractivity contribution < 1.29 is 12.8 Å². The first kappa shape index (κ1) is 8.93. The van der Waals surface area contributed by atoms with Crippen molar-refractivity contribution in [3.63, 3.8) is 0 Å². The molecule has 0 radical (unpaired) electrons. The van der Waals surface area contributed by atoms with Crippen LogP contribution in [0.2, 0.25) is 0 Å². The van der Waals surface area contributed by atoms with Gasteiger partial charge >= 0.3 is 0 Å². The van der Waals surface area contributed by atoms with Crippen LogP contribution in [0.3, 0.4) is 0 Å². The highest BCUT2D eigenvalue weighted by Gasteiger charge is 2.07. The summed E-state index contributed by atoms with van der Waals surface area (Å²) in [6, 6.07) is 4.59. The highest BCUT2D eigenvalue weighted by molar-refractivity contribution is 7.94. The van der Waals surface area contributed by atoms with E-state index in [1.807, 2.05) is 0 Å². The summed E-state index contributed by atoms with van der Waals surface area (Å²) < 4.78 is 34.5. The Bertz CT molecular complexity index is 378. The van der Waals surface area contributed by atoms with Gasteiger partial charge in [-0.05, 0) is 24.3 Å². The summed E-state index contributed by atoms with van der Waals surface area (Å²) >= 11 is 0. The lowest BCUT2D eigenvalue weighted by Crippen LogP contribution is -1.94. The number of hydrogen-bond donors (Lipinski definition) is 0. The molecular weight excluding hydrogens is 179 g/mol. The van der Waals surface area contributed by atoms with Crippen molar-refractivity contribution in [1.82, 2.24) is 0 Å². The van der Waals surface area contributed by atoms with Crippen LogP contribution in [0, 0.1) is 5.82 Å². The number of sulfone groups is 1. The van der Waals surface area contributed by atoms with Crippen molar-refractivity contribution in [3.8, 4) is 0 Å². The van der Waals surface area contributed by atoms with Gasteiger partial charge in [0.2, 0.25) is 0 Å². The molecule has 0 aromatic heterocycles. The summed E-state index contributed by atoms with van der Waals surface area (Å²) in [4.78, 5) is 0.0545. The number of hydrogen-bond acceptors (Lipinski definition) is 2. The summed E-state index contributed by atoms with van der Waals surface area (Å²) in [6.45, 7) is 3.15. The molecule has 0 atom stereocenters. The second-order valence-corrected chi connectivity index (χ2v) is 4.06. The van der Waals surface area contributed by atoms with Gasteiger partial charge in [0, 0.05) is 5.41 Å². The first-order valence-corrected chi connectivity index (χ1v) is 4.74. The monoisotopic (exact) mass is 186 g/mol. The lowest BCUT2D eigenvalue weighted by Gasteiger charge is -1.96. The van der Waals surface area contributed by atoms with Gasteiger partial charge in [-0.3, -0.25) is 0 Å². The number of rotatable bonds is 2. The molecule has 0 spiro atoms. The van der Waals surface area contributed by atoms with E-state index in [0.717, 1.165) is 17.5 Å². The van der Waals surface area contributed by atoms with Crippen LogP contribution >= 0.6 is 0 Å². The van der Waals surface area contributed by atoms with Crippen LogP contribution in [0.5, 0.6) is 0 Å². The summed E-state index contributed by atoms with van der Waals surface area (Å²) in [5, 5.41) is 0.834. The molecule has 2 nitrogen and oxygen atoms in total. The zero-order valence-electron chi connectivity index (χ0n) is 6.20. The fourth-order valence-electron chi connectivity index (χ4n) is 0.721. The summed E-state index contributed by atoms with van der Waals surface area (Å²) in [7, 11) is -3.42. The van der Waals surface area contributed by atoms with E-state index in [2.05, 4.69) is 6.58 Å². The van der Waals surface area contributed by atoms with Crippen molar-refractivity contribution in [2.24, 2.45) is 0 Å². The minimum Gasteiger partial charge on any atom is -0.219 e. The topological polar surface area (TPSA) is 34.1 Å². The standard InChI is InChI=1S/C8H7FO2S/c1-2-12(10,11)8-5-3-7(9)4-6-8/h2-6H,1H2. The van der Waals surface area contributed by atoms with E-state index in [9.17, 15) is 12.8 Å². The Morgan fingerprint density at radius 3 is 2.17 bits per heavy atom. The predicted molar refractivity (Wildman–Crippen MR) is 43.8 cm³/mol. The van der Waals surface area contributed by atoms with Crippen LogP contribution in [0.25, 0.3) is 0 Å². The van der Waals surface area contributed by atoms with Crippen molar-refractivity contribution in [3.05, 3.63) is 42.1 Å². The van der Waals surface area contributed by atoms with Gasteiger partial charge < -0.3 is 0 Å². The van der Waals surface area contributed by atoms with Crippen LogP contribution in [0.4, 0.5) is 4.39 Å². The zero-order chi connectivity index (χ0) is 9.19. The number of benzene rings is 1. The van der Waals surface area contributed by atoms with Gasteiger partial charge in [0.1, 0.15) is 5.82 Å². The molecule has 1 aromatic carbocycles. The number of halogens is 1. The Hall–Kier alpha value is -1.16. The Labute approximate surface area is 70.3 Å². The SMILES string of the molecule is C=CS(=O)(=O)c1ccc(F)cc1. The predicted octanol–water partition coefficient (Wildman–Crippen LogP) is 1.74. The van der Waals surface area contributed by atoms with Crippen molar-refractivity contribution in [1.29, 1.82) is 0 Å².